The summed E-state index contributed by atoms with van der Waals surface area (Å²) in [5.74, 6) is -1.72. The highest BCUT2D eigenvalue weighted by Crippen LogP contribution is 2.26. The van der Waals surface area contributed by atoms with Crippen LogP contribution in [0.1, 0.15) is 10.4 Å². The van der Waals surface area contributed by atoms with Crippen LogP contribution >= 0.6 is 0 Å². The normalized spacial score (nSPS) is 14.5. The van der Waals surface area contributed by atoms with E-state index in [2.05, 4.69) is 4.72 Å². The number of benzene rings is 3. The number of hydrogen-bond donors (Lipinski definition) is 1. The third-order valence-corrected chi connectivity index (χ3v) is 8.67. The van der Waals surface area contributed by atoms with E-state index in [4.69, 9.17) is 0 Å². The quantitative estimate of drug-likeness (QED) is 0.533. The monoisotopic (exact) mass is 492 g/mol. The molecule has 0 bridgehead atoms. The van der Waals surface area contributed by atoms with Crippen molar-refractivity contribution in [2.24, 2.45) is 0 Å². The Morgan fingerprint density at radius 3 is 2.15 bits per heavy atom. The number of nitrogens with one attached hydrogen (secondary N) is 1. The third kappa shape index (κ3) is 4.74. The zero-order chi connectivity index (χ0) is 23.8. The molecule has 11 heteroatoms. The molecule has 1 N–H and O–H groups in total. The second kappa shape index (κ2) is 8.56. The van der Waals surface area contributed by atoms with Crippen molar-refractivity contribution in [1.29, 1.82) is 0 Å². The number of amides is 1. The molecule has 0 aliphatic carbocycles. The van der Waals surface area contributed by atoms with Crippen LogP contribution in [-0.4, -0.2) is 46.0 Å². The molecule has 1 aliphatic rings. The van der Waals surface area contributed by atoms with E-state index in [9.17, 15) is 30.4 Å². The van der Waals surface area contributed by atoms with E-state index in [0.717, 1.165) is 24.3 Å². The number of carbonyl (C=O) groups excluding carboxylic acids is 1. The van der Waals surface area contributed by atoms with Gasteiger partial charge in [0.15, 0.2) is 9.84 Å². The fraction of sp³-hybridized carbons (Fsp3) is 0.136. The Morgan fingerprint density at radius 2 is 1.48 bits per heavy atom. The molecule has 1 heterocycles. The molecule has 3 aromatic rings. The van der Waals surface area contributed by atoms with Gasteiger partial charge in [0.25, 0.3) is 15.9 Å². The van der Waals surface area contributed by atoms with Gasteiger partial charge in [-0.2, -0.15) is 0 Å². The first-order valence-corrected chi connectivity index (χ1v) is 12.8. The number of sulfonamides is 1. The first kappa shape index (κ1) is 22.9. The van der Waals surface area contributed by atoms with Gasteiger partial charge in [-0.25, -0.2) is 25.6 Å². The third-order valence-electron chi connectivity index (χ3n) is 5.18. The SMILES string of the molecule is O=C(c1cccc(NS(=O)(=O)c2cccc(F)c2)c1)N1CC(S(=O)(=O)c2ccc(F)cc2)C1. The highest BCUT2D eigenvalue weighted by Gasteiger charge is 2.40. The molecule has 0 atom stereocenters. The number of anilines is 1. The van der Waals surface area contributed by atoms with Gasteiger partial charge in [-0.1, -0.05) is 12.1 Å². The molecule has 0 spiro atoms. The first-order valence-electron chi connectivity index (χ1n) is 9.73. The zero-order valence-electron chi connectivity index (χ0n) is 17.0. The molecule has 1 fully saturated rings. The summed E-state index contributed by atoms with van der Waals surface area (Å²) in [5.41, 5.74) is 0.258. The van der Waals surface area contributed by atoms with Gasteiger partial charge in [0.1, 0.15) is 16.9 Å². The summed E-state index contributed by atoms with van der Waals surface area (Å²) in [4.78, 5) is 13.8. The predicted molar refractivity (Wildman–Crippen MR) is 117 cm³/mol. The second-order valence-electron chi connectivity index (χ2n) is 7.47. The lowest BCUT2D eigenvalue weighted by molar-refractivity contribution is 0.0659. The fourth-order valence-electron chi connectivity index (χ4n) is 3.36. The van der Waals surface area contributed by atoms with Crippen LogP contribution in [-0.2, 0) is 19.9 Å². The molecule has 1 saturated heterocycles. The largest absolute Gasteiger partial charge is 0.336 e. The Labute approximate surface area is 189 Å². The summed E-state index contributed by atoms with van der Waals surface area (Å²) >= 11 is 0. The van der Waals surface area contributed by atoms with Crippen LogP contribution in [0.5, 0.6) is 0 Å². The number of likely N-dealkylation sites (tertiary alicyclic amines) is 1. The number of carbonyl (C=O) groups is 1. The van der Waals surface area contributed by atoms with E-state index >= 15 is 0 Å². The average Bonchev–Trinajstić information content (AvgIpc) is 2.72. The van der Waals surface area contributed by atoms with Crippen LogP contribution in [0.3, 0.4) is 0 Å². The highest BCUT2D eigenvalue weighted by molar-refractivity contribution is 7.92. The molecular weight excluding hydrogens is 474 g/mol. The smallest absolute Gasteiger partial charge is 0.261 e. The van der Waals surface area contributed by atoms with Gasteiger partial charge in [-0.05, 0) is 60.7 Å². The maximum Gasteiger partial charge on any atom is 0.261 e. The van der Waals surface area contributed by atoms with E-state index in [0.29, 0.717) is 0 Å². The fourth-order valence-corrected chi connectivity index (χ4v) is 6.10. The maximum absolute atomic E-state index is 13.4. The summed E-state index contributed by atoms with van der Waals surface area (Å²) in [7, 11) is -7.79. The molecule has 33 heavy (non-hydrogen) atoms. The van der Waals surface area contributed by atoms with Crippen molar-refractivity contribution in [3.05, 3.63) is 90.0 Å². The minimum Gasteiger partial charge on any atom is -0.336 e. The molecule has 1 amide bonds. The zero-order valence-corrected chi connectivity index (χ0v) is 18.6. The average molecular weight is 493 g/mol. The molecule has 7 nitrogen and oxygen atoms in total. The molecule has 3 aromatic carbocycles. The first-order chi connectivity index (χ1) is 15.6. The van der Waals surface area contributed by atoms with E-state index in [1.807, 2.05) is 0 Å². The van der Waals surface area contributed by atoms with Crippen molar-refractivity contribution >= 4 is 31.5 Å². The van der Waals surface area contributed by atoms with Gasteiger partial charge in [0.05, 0.1) is 9.79 Å². The van der Waals surface area contributed by atoms with Crippen molar-refractivity contribution in [3.8, 4) is 0 Å². The lowest BCUT2D eigenvalue weighted by atomic mass is 10.1. The van der Waals surface area contributed by atoms with Gasteiger partial charge >= 0.3 is 0 Å². The van der Waals surface area contributed by atoms with E-state index in [1.165, 1.54) is 53.4 Å². The molecule has 0 saturated carbocycles. The Kier molecular flexibility index (Phi) is 5.93. The van der Waals surface area contributed by atoms with Crippen molar-refractivity contribution in [1.82, 2.24) is 4.90 Å². The molecule has 172 valence electrons. The summed E-state index contributed by atoms with van der Waals surface area (Å²) < 4.78 is 79.0. The van der Waals surface area contributed by atoms with Gasteiger partial charge in [-0.3, -0.25) is 9.52 Å². The lowest BCUT2D eigenvalue weighted by Crippen LogP contribution is -2.56. The molecule has 0 aromatic heterocycles. The molecule has 4 rings (SSSR count). The number of hydrogen-bond acceptors (Lipinski definition) is 5. The van der Waals surface area contributed by atoms with Gasteiger partial charge < -0.3 is 4.90 Å². The minimum atomic E-state index is -4.07. The highest BCUT2D eigenvalue weighted by atomic mass is 32.2. The van der Waals surface area contributed by atoms with E-state index < -0.39 is 42.7 Å². The summed E-state index contributed by atoms with van der Waals surface area (Å²) in [6, 6.07) is 14.7. The minimum absolute atomic E-state index is 0.0187. The van der Waals surface area contributed by atoms with Crippen LogP contribution in [0.4, 0.5) is 14.5 Å². The number of sulfone groups is 1. The van der Waals surface area contributed by atoms with Gasteiger partial charge in [0.2, 0.25) is 0 Å². The van der Waals surface area contributed by atoms with Crippen LogP contribution in [0.15, 0.2) is 82.6 Å². The standard InChI is InChI=1S/C22H18F2N2O5S2/c23-16-7-9-19(10-8-16)32(28,29)21-13-26(14-21)22(27)15-3-1-5-18(11-15)25-33(30,31)20-6-2-4-17(24)12-20/h1-12,21,25H,13-14H2. The van der Waals surface area contributed by atoms with Crippen LogP contribution in [0.25, 0.3) is 0 Å². The van der Waals surface area contributed by atoms with Crippen LogP contribution in [0, 0.1) is 11.6 Å². The Morgan fingerprint density at radius 1 is 0.818 bits per heavy atom. The van der Waals surface area contributed by atoms with Gasteiger partial charge in [0, 0.05) is 24.3 Å². The van der Waals surface area contributed by atoms with Gasteiger partial charge in [-0.15, -0.1) is 0 Å². The predicted octanol–water partition coefficient (Wildman–Crippen LogP) is 3.06. The van der Waals surface area contributed by atoms with Crippen LogP contribution < -0.4 is 4.72 Å². The Bertz CT molecular complexity index is 1420. The second-order valence-corrected chi connectivity index (χ2v) is 11.4. The van der Waals surface area contributed by atoms with Crippen LogP contribution in [0.2, 0.25) is 0 Å². The number of rotatable bonds is 6. The summed E-state index contributed by atoms with van der Waals surface area (Å²) in [6.07, 6.45) is 0. The van der Waals surface area contributed by atoms with Crippen molar-refractivity contribution < 1.29 is 30.4 Å². The van der Waals surface area contributed by atoms with E-state index in [1.54, 1.807) is 0 Å². The molecule has 0 radical (unpaired) electrons. The Balaban J connectivity index is 1.45. The lowest BCUT2D eigenvalue weighted by Gasteiger charge is -2.38. The van der Waals surface area contributed by atoms with Crippen molar-refractivity contribution in [2.45, 2.75) is 15.0 Å². The number of halogens is 2. The Hall–Kier alpha value is -3.31. The summed E-state index contributed by atoms with van der Waals surface area (Å²) in [5, 5.41) is -0.818. The molecule has 0 unspecified atom stereocenters. The molecule has 1 aliphatic heterocycles. The van der Waals surface area contributed by atoms with Crippen molar-refractivity contribution in [2.75, 3.05) is 17.8 Å². The topological polar surface area (TPSA) is 101 Å². The van der Waals surface area contributed by atoms with E-state index in [-0.39, 0.29) is 34.1 Å². The maximum atomic E-state index is 13.4. The van der Waals surface area contributed by atoms with Crippen molar-refractivity contribution in [3.63, 3.8) is 0 Å². The summed E-state index contributed by atoms with van der Waals surface area (Å²) in [6.45, 7) is -0.0877. The number of nitrogens with zero attached hydrogens (tertiary/aromatic N) is 1. The molecular formula is C22H18F2N2O5S2.